The van der Waals surface area contributed by atoms with Crippen LogP contribution in [0.25, 0.3) is 0 Å². The molecule has 0 bridgehead atoms. The van der Waals surface area contributed by atoms with Gasteiger partial charge in [0.2, 0.25) is 0 Å². The minimum Gasteiger partial charge on any atom is -0.375 e. The molecular formula is C13H22N2OS. The Kier molecular flexibility index (Phi) is 3.57. The summed E-state index contributed by atoms with van der Waals surface area (Å²) >= 11 is 1.82. The number of hydrogen-bond donors (Lipinski definition) is 1. The molecule has 1 N–H and O–H groups in total. The zero-order valence-corrected chi connectivity index (χ0v) is 12.1. The van der Waals surface area contributed by atoms with Gasteiger partial charge >= 0.3 is 0 Å². The lowest BCUT2D eigenvalue weighted by Crippen LogP contribution is -2.49. The molecule has 0 radical (unpaired) electrons. The molecular weight excluding hydrogens is 232 g/mol. The van der Waals surface area contributed by atoms with Crippen LogP contribution >= 0.6 is 11.3 Å². The fourth-order valence-corrected chi connectivity index (χ4v) is 3.85. The van der Waals surface area contributed by atoms with E-state index in [-0.39, 0.29) is 17.7 Å². The number of thiazole rings is 1. The lowest BCUT2D eigenvalue weighted by atomic mass is 9.85. The first-order chi connectivity index (χ1) is 7.97. The topological polar surface area (TPSA) is 34.2 Å². The molecule has 1 aliphatic heterocycles. The molecule has 0 aliphatic carbocycles. The Morgan fingerprint density at radius 3 is 2.29 bits per heavy atom. The molecule has 0 spiro atoms. The first-order valence-corrected chi connectivity index (χ1v) is 7.07. The maximum Gasteiger partial charge on any atom is 0.113 e. The second-order valence-corrected chi connectivity index (χ2v) is 6.36. The standard InChI is InChI=1S/C13H22N2OS/c1-8-6-13(14-5,7-9(2)16-8)12-15-10(3)11(4)17-12/h8-9,14H,6-7H2,1-5H3. The summed E-state index contributed by atoms with van der Waals surface area (Å²) < 4.78 is 5.84. The van der Waals surface area contributed by atoms with Gasteiger partial charge in [-0.2, -0.15) is 0 Å². The van der Waals surface area contributed by atoms with E-state index >= 15 is 0 Å². The van der Waals surface area contributed by atoms with E-state index in [4.69, 9.17) is 9.72 Å². The van der Waals surface area contributed by atoms with Gasteiger partial charge in [-0.05, 0) is 47.6 Å². The van der Waals surface area contributed by atoms with Gasteiger partial charge in [0.25, 0.3) is 0 Å². The van der Waals surface area contributed by atoms with Gasteiger partial charge in [-0.1, -0.05) is 0 Å². The number of aryl methyl sites for hydroxylation is 2. The Labute approximate surface area is 108 Å². The quantitative estimate of drug-likeness (QED) is 0.881. The van der Waals surface area contributed by atoms with E-state index in [0.29, 0.717) is 0 Å². The predicted octanol–water partition coefficient (Wildman–Crippen LogP) is 2.76. The highest BCUT2D eigenvalue weighted by atomic mass is 32.1. The highest BCUT2D eigenvalue weighted by Gasteiger charge is 2.41. The molecule has 4 heteroatoms. The van der Waals surface area contributed by atoms with Crippen LogP contribution in [0.2, 0.25) is 0 Å². The van der Waals surface area contributed by atoms with Crippen LogP contribution < -0.4 is 5.32 Å². The third-order valence-corrected chi connectivity index (χ3v) is 4.93. The van der Waals surface area contributed by atoms with Gasteiger partial charge in [-0.25, -0.2) is 4.98 Å². The molecule has 3 nitrogen and oxygen atoms in total. The Hall–Kier alpha value is -0.450. The highest BCUT2D eigenvalue weighted by Crippen LogP contribution is 2.39. The average molecular weight is 254 g/mol. The first-order valence-electron chi connectivity index (χ1n) is 6.26. The summed E-state index contributed by atoms with van der Waals surface area (Å²) in [5, 5.41) is 4.72. The van der Waals surface area contributed by atoms with Gasteiger partial charge in [0.05, 0.1) is 23.4 Å². The van der Waals surface area contributed by atoms with E-state index < -0.39 is 0 Å². The van der Waals surface area contributed by atoms with Gasteiger partial charge < -0.3 is 10.1 Å². The lowest BCUT2D eigenvalue weighted by Gasteiger charge is -2.41. The predicted molar refractivity (Wildman–Crippen MR) is 71.6 cm³/mol. The van der Waals surface area contributed by atoms with Gasteiger partial charge in [0.15, 0.2) is 0 Å². The number of ether oxygens (including phenoxy) is 1. The van der Waals surface area contributed by atoms with E-state index in [1.165, 1.54) is 9.88 Å². The average Bonchev–Trinajstić information content (AvgIpc) is 2.58. The van der Waals surface area contributed by atoms with Gasteiger partial charge in [-0.3, -0.25) is 0 Å². The molecule has 1 aromatic heterocycles. The van der Waals surface area contributed by atoms with E-state index in [2.05, 4.69) is 33.0 Å². The minimum atomic E-state index is 0.000764. The molecule has 1 saturated heterocycles. The van der Waals surface area contributed by atoms with E-state index in [9.17, 15) is 0 Å². The van der Waals surface area contributed by atoms with Crippen molar-refractivity contribution in [3.63, 3.8) is 0 Å². The molecule has 1 aromatic rings. The molecule has 96 valence electrons. The third kappa shape index (κ3) is 2.39. The fourth-order valence-electron chi connectivity index (χ4n) is 2.72. The van der Waals surface area contributed by atoms with Crippen molar-refractivity contribution in [3.05, 3.63) is 15.6 Å². The van der Waals surface area contributed by atoms with Crippen LogP contribution in [0.1, 0.15) is 42.3 Å². The SMILES string of the molecule is CNC1(c2nc(C)c(C)s2)CC(C)OC(C)C1. The summed E-state index contributed by atoms with van der Waals surface area (Å²) in [7, 11) is 2.04. The molecule has 0 aromatic carbocycles. The molecule has 2 heterocycles. The van der Waals surface area contributed by atoms with Crippen molar-refractivity contribution in [1.82, 2.24) is 10.3 Å². The summed E-state index contributed by atoms with van der Waals surface area (Å²) in [6, 6.07) is 0. The molecule has 2 atom stereocenters. The smallest absolute Gasteiger partial charge is 0.113 e. The van der Waals surface area contributed by atoms with Crippen LogP contribution in [0.3, 0.4) is 0 Å². The van der Waals surface area contributed by atoms with Crippen LogP contribution in [0.4, 0.5) is 0 Å². The summed E-state index contributed by atoms with van der Waals surface area (Å²) in [5.41, 5.74) is 1.16. The minimum absolute atomic E-state index is 0.000764. The maximum atomic E-state index is 5.84. The molecule has 0 saturated carbocycles. The van der Waals surface area contributed by atoms with Crippen LogP contribution in [0.15, 0.2) is 0 Å². The van der Waals surface area contributed by atoms with Crippen LogP contribution in [-0.2, 0) is 10.3 Å². The first kappa shape index (κ1) is 13.0. The van der Waals surface area contributed by atoms with Crippen molar-refractivity contribution in [1.29, 1.82) is 0 Å². The summed E-state index contributed by atoms with van der Waals surface area (Å²) in [6.45, 7) is 8.53. The van der Waals surface area contributed by atoms with Crippen LogP contribution in [-0.4, -0.2) is 24.2 Å². The summed E-state index contributed by atoms with van der Waals surface area (Å²) in [4.78, 5) is 6.07. The van der Waals surface area contributed by atoms with Crippen LogP contribution in [0, 0.1) is 13.8 Å². The molecule has 1 fully saturated rings. The Bertz CT molecular complexity index is 373. The zero-order valence-electron chi connectivity index (χ0n) is 11.3. The van der Waals surface area contributed by atoms with Crippen molar-refractivity contribution >= 4 is 11.3 Å². The second-order valence-electron chi connectivity index (χ2n) is 5.16. The van der Waals surface area contributed by atoms with Crippen molar-refractivity contribution in [2.75, 3.05) is 7.05 Å². The fraction of sp³-hybridized carbons (Fsp3) is 0.769. The van der Waals surface area contributed by atoms with Crippen molar-refractivity contribution < 1.29 is 4.74 Å². The lowest BCUT2D eigenvalue weighted by molar-refractivity contribution is -0.0696. The molecule has 17 heavy (non-hydrogen) atoms. The number of rotatable bonds is 2. The van der Waals surface area contributed by atoms with Crippen molar-refractivity contribution in [2.45, 2.75) is 58.3 Å². The van der Waals surface area contributed by atoms with Gasteiger partial charge in [0, 0.05) is 4.88 Å². The van der Waals surface area contributed by atoms with Crippen molar-refractivity contribution in [2.24, 2.45) is 0 Å². The molecule has 1 aliphatic rings. The Balaban J connectivity index is 2.36. The second kappa shape index (κ2) is 4.67. The largest absolute Gasteiger partial charge is 0.375 e. The Morgan fingerprint density at radius 2 is 1.88 bits per heavy atom. The molecule has 0 amide bonds. The van der Waals surface area contributed by atoms with E-state index in [1.54, 1.807) is 0 Å². The normalized spacial score (nSPS) is 33.9. The van der Waals surface area contributed by atoms with Crippen molar-refractivity contribution in [3.8, 4) is 0 Å². The Morgan fingerprint density at radius 1 is 1.29 bits per heavy atom. The number of aromatic nitrogens is 1. The van der Waals surface area contributed by atoms with Crippen LogP contribution in [0.5, 0.6) is 0 Å². The number of hydrogen-bond acceptors (Lipinski definition) is 4. The summed E-state index contributed by atoms with van der Waals surface area (Å²) in [6.07, 6.45) is 2.58. The van der Waals surface area contributed by atoms with Gasteiger partial charge in [0.1, 0.15) is 5.01 Å². The third-order valence-electron chi connectivity index (χ3n) is 3.65. The molecule has 2 rings (SSSR count). The monoisotopic (exact) mass is 254 g/mol. The summed E-state index contributed by atoms with van der Waals surface area (Å²) in [5.74, 6) is 0. The zero-order chi connectivity index (χ0) is 12.6. The number of nitrogens with zero attached hydrogens (tertiary/aromatic N) is 1. The highest BCUT2D eigenvalue weighted by molar-refractivity contribution is 7.11. The van der Waals surface area contributed by atoms with E-state index in [0.717, 1.165) is 18.5 Å². The number of nitrogens with one attached hydrogen (secondary N) is 1. The van der Waals surface area contributed by atoms with Gasteiger partial charge in [-0.15, -0.1) is 11.3 Å². The van der Waals surface area contributed by atoms with E-state index in [1.807, 2.05) is 18.4 Å². The maximum absolute atomic E-state index is 5.84. The molecule has 2 unspecified atom stereocenters.